The van der Waals surface area contributed by atoms with Gasteiger partial charge < -0.3 is 10.0 Å². The number of H-pyrrole nitrogens is 1. The Balaban J connectivity index is 2.41. The molecule has 0 saturated carbocycles. The van der Waals surface area contributed by atoms with Crippen LogP contribution >= 0.6 is 0 Å². The number of benzene rings is 1. The fourth-order valence-corrected chi connectivity index (χ4v) is 1.78. The molecule has 0 aliphatic heterocycles. The van der Waals surface area contributed by atoms with Crippen molar-refractivity contribution in [2.24, 2.45) is 0 Å². The quantitative estimate of drug-likeness (QED) is 0.614. The fourth-order valence-electron chi connectivity index (χ4n) is 1.78. The molecule has 9 nitrogen and oxygen atoms in total. The molecule has 110 valence electrons. The standard InChI is InChI=1S/C12H12N4O5/c1-15(5-4-10(17)18)12-13-9-3-2-7(16(20)21)6-8(9)11(19)14-12/h2-3,6H,4-5H2,1H3,(H,17,18)(H,13,14,19). The number of carboxylic acids is 1. The summed E-state index contributed by atoms with van der Waals surface area (Å²) in [6.07, 6.45) is -0.0987. The highest BCUT2D eigenvalue weighted by Gasteiger charge is 2.12. The molecule has 1 heterocycles. The van der Waals surface area contributed by atoms with Crippen LogP contribution in [0, 0.1) is 10.1 Å². The van der Waals surface area contributed by atoms with E-state index in [0.29, 0.717) is 5.52 Å². The Morgan fingerprint density at radius 1 is 1.52 bits per heavy atom. The highest BCUT2D eigenvalue weighted by Crippen LogP contribution is 2.18. The van der Waals surface area contributed by atoms with Gasteiger partial charge in [-0.15, -0.1) is 0 Å². The van der Waals surface area contributed by atoms with Crippen LogP contribution in [0.25, 0.3) is 10.9 Å². The van der Waals surface area contributed by atoms with Gasteiger partial charge in [0.05, 0.1) is 22.2 Å². The number of fused-ring (bicyclic) bond motifs is 1. The molecule has 1 aromatic heterocycles. The van der Waals surface area contributed by atoms with Crippen molar-refractivity contribution in [3.63, 3.8) is 0 Å². The minimum absolute atomic E-state index is 0.0987. The third-order valence-corrected chi connectivity index (χ3v) is 2.91. The summed E-state index contributed by atoms with van der Waals surface area (Å²) in [4.78, 5) is 40.7. The van der Waals surface area contributed by atoms with Crippen LogP contribution in [-0.2, 0) is 4.79 Å². The number of nitro groups is 1. The van der Waals surface area contributed by atoms with E-state index in [9.17, 15) is 19.7 Å². The van der Waals surface area contributed by atoms with Crippen molar-refractivity contribution in [1.29, 1.82) is 0 Å². The van der Waals surface area contributed by atoms with E-state index in [2.05, 4.69) is 9.97 Å². The second kappa shape index (κ2) is 5.57. The molecular weight excluding hydrogens is 280 g/mol. The number of aromatic nitrogens is 2. The number of nitro benzene ring substituents is 1. The van der Waals surface area contributed by atoms with Gasteiger partial charge in [0.2, 0.25) is 5.95 Å². The maximum absolute atomic E-state index is 12.0. The molecule has 0 aliphatic carbocycles. The van der Waals surface area contributed by atoms with Crippen molar-refractivity contribution in [3.8, 4) is 0 Å². The van der Waals surface area contributed by atoms with Crippen LogP contribution in [0.15, 0.2) is 23.0 Å². The number of aromatic amines is 1. The van der Waals surface area contributed by atoms with Crippen LogP contribution in [0.1, 0.15) is 6.42 Å². The molecule has 0 spiro atoms. The smallest absolute Gasteiger partial charge is 0.305 e. The summed E-state index contributed by atoms with van der Waals surface area (Å²) < 4.78 is 0. The zero-order valence-corrected chi connectivity index (χ0v) is 11.1. The molecule has 2 N–H and O–H groups in total. The zero-order valence-electron chi connectivity index (χ0n) is 11.1. The first kappa shape index (κ1) is 14.4. The Hall–Kier alpha value is -2.97. The second-order valence-electron chi connectivity index (χ2n) is 4.41. The van der Waals surface area contributed by atoms with Crippen LogP contribution in [0.2, 0.25) is 0 Å². The van der Waals surface area contributed by atoms with Crippen molar-refractivity contribution in [3.05, 3.63) is 38.7 Å². The molecule has 2 rings (SSSR count). The maximum Gasteiger partial charge on any atom is 0.305 e. The van der Waals surface area contributed by atoms with E-state index in [1.807, 2.05) is 0 Å². The minimum atomic E-state index is -0.958. The number of rotatable bonds is 5. The zero-order chi connectivity index (χ0) is 15.6. The number of non-ortho nitro benzene ring substituents is 1. The summed E-state index contributed by atoms with van der Waals surface area (Å²) in [6, 6.07) is 3.80. The minimum Gasteiger partial charge on any atom is -0.481 e. The molecule has 0 unspecified atom stereocenters. The van der Waals surface area contributed by atoms with Gasteiger partial charge in [0.1, 0.15) is 0 Å². The van der Waals surface area contributed by atoms with E-state index < -0.39 is 16.5 Å². The summed E-state index contributed by atoms with van der Waals surface area (Å²) in [5, 5.41) is 19.4. The lowest BCUT2D eigenvalue weighted by atomic mass is 10.2. The molecule has 9 heteroatoms. The van der Waals surface area contributed by atoms with Crippen molar-refractivity contribution in [1.82, 2.24) is 9.97 Å². The van der Waals surface area contributed by atoms with Gasteiger partial charge in [0.15, 0.2) is 0 Å². The monoisotopic (exact) mass is 292 g/mol. The van der Waals surface area contributed by atoms with Gasteiger partial charge in [-0.05, 0) is 6.07 Å². The molecule has 0 fully saturated rings. The lowest BCUT2D eigenvalue weighted by Gasteiger charge is -2.16. The largest absolute Gasteiger partial charge is 0.481 e. The molecule has 0 aliphatic rings. The number of nitrogens with zero attached hydrogens (tertiary/aromatic N) is 3. The van der Waals surface area contributed by atoms with Crippen LogP contribution in [0.4, 0.5) is 11.6 Å². The Morgan fingerprint density at radius 2 is 2.24 bits per heavy atom. The number of carboxylic acid groups (broad SMARTS) is 1. The Kier molecular flexibility index (Phi) is 3.83. The number of hydrogen-bond donors (Lipinski definition) is 2. The number of anilines is 1. The van der Waals surface area contributed by atoms with Gasteiger partial charge in [0, 0.05) is 25.7 Å². The Morgan fingerprint density at radius 3 is 2.86 bits per heavy atom. The van der Waals surface area contributed by atoms with Gasteiger partial charge >= 0.3 is 5.97 Å². The maximum atomic E-state index is 12.0. The van der Waals surface area contributed by atoms with E-state index in [-0.39, 0.29) is 30.0 Å². The van der Waals surface area contributed by atoms with E-state index in [1.165, 1.54) is 17.0 Å². The van der Waals surface area contributed by atoms with E-state index >= 15 is 0 Å². The average Bonchev–Trinajstić information content (AvgIpc) is 2.44. The lowest BCUT2D eigenvalue weighted by Crippen LogP contribution is -2.25. The van der Waals surface area contributed by atoms with Crippen molar-refractivity contribution in [2.75, 3.05) is 18.5 Å². The van der Waals surface area contributed by atoms with Gasteiger partial charge in [-0.1, -0.05) is 0 Å². The van der Waals surface area contributed by atoms with Crippen LogP contribution in [0.3, 0.4) is 0 Å². The van der Waals surface area contributed by atoms with E-state index in [0.717, 1.165) is 6.07 Å². The molecule has 21 heavy (non-hydrogen) atoms. The summed E-state index contributed by atoms with van der Waals surface area (Å²) >= 11 is 0. The predicted octanol–water partition coefficient (Wildman–Crippen LogP) is 0.742. The van der Waals surface area contributed by atoms with Crippen molar-refractivity contribution >= 4 is 28.5 Å². The lowest BCUT2D eigenvalue weighted by molar-refractivity contribution is -0.384. The Bertz CT molecular complexity index is 770. The summed E-state index contributed by atoms with van der Waals surface area (Å²) in [5.41, 5.74) is -0.399. The molecule has 1 aromatic carbocycles. The summed E-state index contributed by atoms with van der Waals surface area (Å²) in [7, 11) is 1.60. The van der Waals surface area contributed by atoms with Gasteiger partial charge in [-0.25, -0.2) is 4.98 Å². The highest BCUT2D eigenvalue weighted by molar-refractivity contribution is 5.81. The number of aliphatic carboxylic acids is 1. The van der Waals surface area contributed by atoms with E-state index in [1.54, 1.807) is 7.05 Å². The van der Waals surface area contributed by atoms with Gasteiger partial charge in [-0.3, -0.25) is 24.7 Å². The normalized spacial score (nSPS) is 10.5. The molecule has 0 radical (unpaired) electrons. The molecular formula is C12H12N4O5. The van der Waals surface area contributed by atoms with Crippen molar-refractivity contribution in [2.45, 2.75) is 6.42 Å². The topological polar surface area (TPSA) is 129 Å². The number of hydrogen-bond acceptors (Lipinski definition) is 6. The third kappa shape index (κ3) is 3.14. The Labute approximate surface area is 118 Å². The SMILES string of the molecule is CN(CCC(=O)O)c1nc2ccc([N+](=O)[O-])cc2c(=O)[nH]1. The molecule has 0 bridgehead atoms. The molecule has 2 aromatic rings. The van der Waals surface area contributed by atoms with Crippen LogP contribution < -0.4 is 10.5 Å². The third-order valence-electron chi connectivity index (χ3n) is 2.91. The van der Waals surface area contributed by atoms with Gasteiger partial charge in [0.25, 0.3) is 11.2 Å². The fraction of sp³-hybridized carbons (Fsp3) is 0.250. The first-order valence-electron chi connectivity index (χ1n) is 6.00. The first-order chi connectivity index (χ1) is 9.88. The summed E-state index contributed by atoms with van der Waals surface area (Å²) in [5.74, 6) is -0.747. The molecule has 0 amide bonds. The molecule has 0 saturated heterocycles. The first-order valence-corrected chi connectivity index (χ1v) is 6.00. The summed E-state index contributed by atoms with van der Waals surface area (Å²) in [6.45, 7) is 0.177. The number of carbonyl (C=O) groups is 1. The van der Waals surface area contributed by atoms with Crippen molar-refractivity contribution < 1.29 is 14.8 Å². The van der Waals surface area contributed by atoms with Crippen LogP contribution in [-0.4, -0.2) is 39.6 Å². The average molecular weight is 292 g/mol. The second-order valence-corrected chi connectivity index (χ2v) is 4.41. The highest BCUT2D eigenvalue weighted by atomic mass is 16.6. The predicted molar refractivity (Wildman–Crippen MR) is 74.5 cm³/mol. The van der Waals surface area contributed by atoms with Crippen LogP contribution in [0.5, 0.6) is 0 Å². The van der Waals surface area contributed by atoms with Gasteiger partial charge in [-0.2, -0.15) is 0 Å². The number of nitrogens with one attached hydrogen (secondary N) is 1. The molecule has 0 atom stereocenters. The van der Waals surface area contributed by atoms with E-state index in [4.69, 9.17) is 5.11 Å².